The van der Waals surface area contributed by atoms with Crippen LogP contribution in [0.2, 0.25) is 0 Å². The number of pyridine rings is 1. The first kappa shape index (κ1) is 70.6. The van der Waals surface area contributed by atoms with Gasteiger partial charge in [0.15, 0.2) is 11.4 Å². The number of nitrogens with zero attached hydrogens (tertiary/aromatic N) is 6. The highest BCUT2D eigenvalue weighted by Gasteiger charge is 2.43. The molecule has 6 amide bonds. The van der Waals surface area contributed by atoms with Crippen LogP contribution < -0.4 is 36.2 Å². The quantitative estimate of drug-likeness (QED) is 0.0254. The molecule has 0 bridgehead atoms. The summed E-state index contributed by atoms with van der Waals surface area (Å²) in [6.45, 7) is 16.3. The third kappa shape index (κ3) is 19.7. The summed E-state index contributed by atoms with van der Waals surface area (Å²) < 4.78 is 69.6. The van der Waals surface area contributed by atoms with E-state index >= 15 is 0 Å². The number of ether oxygens (including phenoxy) is 6. The number of carbonyl (C=O) groups is 6. The van der Waals surface area contributed by atoms with Gasteiger partial charge < -0.3 is 64.3 Å². The second-order valence-electron chi connectivity index (χ2n) is 25.8. The van der Waals surface area contributed by atoms with Crippen molar-refractivity contribution in [3.05, 3.63) is 137 Å². The molecule has 9 rings (SSSR count). The number of fused-ring (bicyclic) bond motifs is 2. The molecular weight excluding hydrogens is 1230 g/mol. The van der Waals surface area contributed by atoms with Crippen LogP contribution in [0.4, 0.5) is 25.1 Å². The number of aryl methyl sites for hydroxylation is 1. The zero-order chi connectivity index (χ0) is 67.8. The number of nitrogens with one attached hydrogen (secondary N) is 5. The zero-order valence-electron chi connectivity index (χ0n) is 55.2. The van der Waals surface area contributed by atoms with Crippen LogP contribution >= 0.6 is 0 Å². The number of hydrogen-bond donors (Lipinski definition) is 5. The third-order valence-corrected chi connectivity index (χ3v) is 16.3. The molecule has 6 aromatic rings. The van der Waals surface area contributed by atoms with E-state index in [-0.39, 0.29) is 79.9 Å². The molecular formula is C69H87F2N11O13. The Labute approximate surface area is 551 Å². The van der Waals surface area contributed by atoms with Crippen molar-refractivity contribution < 1.29 is 70.4 Å². The molecule has 26 heteroatoms. The summed E-state index contributed by atoms with van der Waals surface area (Å²) in [5.74, 6) is -0.825. The van der Waals surface area contributed by atoms with E-state index in [4.69, 9.17) is 32.8 Å². The molecule has 0 radical (unpaired) electrons. The Morgan fingerprint density at radius 2 is 1.48 bits per heavy atom. The predicted molar refractivity (Wildman–Crippen MR) is 348 cm³/mol. The van der Waals surface area contributed by atoms with Crippen LogP contribution in [0.5, 0.6) is 5.75 Å². The molecule has 510 valence electrons. The summed E-state index contributed by atoms with van der Waals surface area (Å²) in [5.41, 5.74) is 2.63. The first-order valence-corrected chi connectivity index (χ1v) is 32.3. The second kappa shape index (κ2) is 32.6. The van der Waals surface area contributed by atoms with Crippen molar-refractivity contribution in [2.24, 2.45) is 11.3 Å². The average Bonchev–Trinajstić information content (AvgIpc) is 1.54. The molecule has 3 aromatic heterocycles. The van der Waals surface area contributed by atoms with Crippen LogP contribution in [0.3, 0.4) is 0 Å². The fourth-order valence-corrected chi connectivity index (χ4v) is 10.9. The molecule has 24 nitrogen and oxygen atoms in total. The minimum atomic E-state index is -3.05. The lowest BCUT2D eigenvalue weighted by Crippen LogP contribution is -2.62. The predicted octanol–water partition coefficient (Wildman–Crippen LogP) is 8.72. The molecule has 1 fully saturated rings. The van der Waals surface area contributed by atoms with E-state index in [1.54, 1.807) is 51.8 Å². The minimum Gasteiger partial charge on any atom is -0.491 e. The molecule has 1 aliphatic heterocycles. The van der Waals surface area contributed by atoms with Crippen molar-refractivity contribution in [1.82, 2.24) is 45.9 Å². The van der Waals surface area contributed by atoms with Crippen LogP contribution in [-0.2, 0) is 57.5 Å². The molecule has 4 atom stereocenters. The lowest BCUT2D eigenvalue weighted by molar-refractivity contribution is -0.147. The number of amides is 6. The van der Waals surface area contributed by atoms with E-state index in [0.717, 1.165) is 59.7 Å². The minimum absolute atomic E-state index is 0.0369. The molecule has 4 heterocycles. The topological polar surface area (TPSA) is 281 Å². The molecule has 2 aliphatic carbocycles. The number of hydrogen-bond acceptors (Lipinski definition) is 17. The normalized spacial score (nSPS) is 16.1. The lowest BCUT2D eigenvalue weighted by atomic mass is 9.83. The maximum Gasteiger partial charge on any atom is 0.416 e. The summed E-state index contributed by atoms with van der Waals surface area (Å²) >= 11 is 0. The van der Waals surface area contributed by atoms with Gasteiger partial charge in [-0.25, -0.2) is 28.2 Å². The summed E-state index contributed by atoms with van der Waals surface area (Å²) in [7, 11) is 1.68. The zero-order valence-corrected chi connectivity index (χ0v) is 55.2. The maximum atomic E-state index is 14.7. The van der Waals surface area contributed by atoms with E-state index in [1.807, 2.05) is 51.1 Å². The molecule has 0 saturated heterocycles. The van der Waals surface area contributed by atoms with Gasteiger partial charge in [0.25, 0.3) is 18.2 Å². The Morgan fingerprint density at radius 3 is 2.16 bits per heavy atom. The molecule has 95 heavy (non-hydrogen) atoms. The number of benzene rings is 3. The monoisotopic (exact) mass is 1320 g/mol. The van der Waals surface area contributed by atoms with Crippen LogP contribution in [0.1, 0.15) is 135 Å². The highest BCUT2D eigenvalue weighted by molar-refractivity contribution is 6.03. The largest absolute Gasteiger partial charge is 0.491 e. The highest BCUT2D eigenvalue weighted by Crippen LogP contribution is 2.36. The van der Waals surface area contributed by atoms with E-state index in [0.29, 0.717) is 86.9 Å². The lowest BCUT2D eigenvalue weighted by Gasteiger charge is -2.41. The molecule has 3 aliphatic rings. The molecule has 0 spiro atoms. The summed E-state index contributed by atoms with van der Waals surface area (Å²) in [6.07, 6.45) is 5.17. The van der Waals surface area contributed by atoms with Gasteiger partial charge in [0.2, 0.25) is 23.6 Å². The standard InChI is InChI=1S/C69H87F2N11O13/c1-43(72-8)61(83)78-59(68(2,3)4)66(87)80-40-49-36-51(23-20-47(49)37-56(80)64(86)75-53-15-11-13-45-12-9-10-14-52(45)53)93-35-34-92-33-32-91-31-30-90-29-28-89-27-26-74-62(84)46-18-21-50(22-19-46)82-41-54(58(79-82)60(70)71)76-63(85)55-42-94-65(77-55)48-24-25-73-57(38-48)81(39-44-16-17-44)67(88)95-69(5,6)7/h9-10,12,14,18-25,36,38,41-44,53,56,59-60,72H,11,13,15-17,26-35,37,39-40H2,1-8H3,(H,74,84)(H,75,86)(H,76,85)(H,78,83)/t43-,53+,56-,59+/m0/s1. The van der Waals surface area contributed by atoms with Gasteiger partial charge in [0.05, 0.1) is 82.5 Å². The Balaban J connectivity index is 0.644. The van der Waals surface area contributed by atoms with Crippen molar-refractivity contribution in [3.63, 3.8) is 0 Å². The smallest absolute Gasteiger partial charge is 0.416 e. The van der Waals surface area contributed by atoms with Gasteiger partial charge in [-0.2, -0.15) is 5.10 Å². The first-order chi connectivity index (χ1) is 45.5. The maximum absolute atomic E-state index is 14.7. The average molecular weight is 1320 g/mol. The fourth-order valence-electron chi connectivity index (χ4n) is 10.9. The van der Waals surface area contributed by atoms with Gasteiger partial charge in [0.1, 0.15) is 42.1 Å². The number of halogens is 2. The van der Waals surface area contributed by atoms with Crippen LogP contribution in [-0.4, -0.2) is 164 Å². The van der Waals surface area contributed by atoms with Gasteiger partial charge in [-0.1, -0.05) is 51.1 Å². The Kier molecular flexibility index (Phi) is 24.3. The number of rotatable bonds is 31. The summed E-state index contributed by atoms with van der Waals surface area (Å²) in [6, 6.07) is 20.7. The van der Waals surface area contributed by atoms with Gasteiger partial charge in [0, 0.05) is 43.4 Å². The number of aromatic nitrogens is 4. The second-order valence-corrected chi connectivity index (χ2v) is 25.8. The van der Waals surface area contributed by atoms with Crippen molar-refractivity contribution in [1.29, 1.82) is 0 Å². The van der Waals surface area contributed by atoms with E-state index < -0.39 is 53.3 Å². The Hall–Kier alpha value is -8.69. The third-order valence-electron chi connectivity index (χ3n) is 16.3. The number of likely N-dealkylation sites (N-methyl/N-ethyl adjacent to an activating group) is 1. The number of carbonyl (C=O) groups excluding carboxylic acids is 6. The Morgan fingerprint density at radius 1 is 0.789 bits per heavy atom. The number of oxazole rings is 1. The van der Waals surface area contributed by atoms with Gasteiger partial charge in [-0.05, 0) is 149 Å². The number of anilines is 2. The van der Waals surface area contributed by atoms with Crippen LogP contribution in [0, 0.1) is 11.3 Å². The van der Waals surface area contributed by atoms with E-state index in [1.165, 1.54) is 47.1 Å². The van der Waals surface area contributed by atoms with E-state index in [2.05, 4.69) is 53.8 Å². The van der Waals surface area contributed by atoms with Gasteiger partial charge in [-0.15, -0.1) is 0 Å². The number of alkyl halides is 2. The van der Waals surface area contributed by atoms with Crippen LogP contribution in [0.25, 0.3) is 17.1 Å². The summed E-state index contributed by atoms with van der Waals surface area (Å²) in [4.78, 5) is 93.4. The van der Waals surface area contributed by atoms with Gasteiger partial charge in [-0.3, -0.25) is 28.9 Å². The van der Waals surface area contributed by atoms with E-state index in [9.17, 15) is 37.5 Å². The SMILES string of the molecule is CN[C@@H](C)C(=O)N[C@H](C(=O)N1Cc2cc(OCCOCCOCCOCCOCCNC(=O)c3ccc(-n4cc(NC(=O)c5coc(-c6ccnc(N(CC7CC7)C(=O)OC(C)(C)C)c6)n5)c(C(F)F)n4)cc3)ccc2C[C@H]1C(=O)N[C@@H]1CCCc2ccccc21)C(C)(C)C. The van der Waals surface area contributed by atoms with Crippen LogP contribution in [0.15, 0.2) is 102 Å². The van der Waals surface area contributed by atoms with Crippen molar-refractivity contribution in [2.45, 2.75) is 130 Å². The first-order valence-electron chi connectivity index (χ1n) is 32.3. The molecule has 3 aromatic carbocycles. The molecule has 5 N–H and O–H groups in total. The molecule has 0 unspecified atom stereocenters. The van der Waals surface area contributed by atoms with Gasteiger partial charge >= 0.3 is 6.09 Å². The van der Waals surface area contributed by atoms with Crippen molar-refractivity contribution in [2.75, 3.05) is 89.8 Å². The molecule has 1 saturated carbocycles. The van der Waals surface area contributed by atoms with Crippen molar-refractivity contribution >= 4 is 47.1 Å². The van der Waals surface area contributed by atoms with Crippen molar-refractivity contribution in [3.8, 4) is 22.9 Å². The summed E-state index contributed by atoms with van der Waals surface area (Å²) in [5, 5.41) is 18.5. The highest BCUT2D eigenvalue weighted by atomic mass is 19.3. The Bertz CT molecular complexity index is 3600. The fraction of sp³-hybridized carbons (Fsp3) is 0.493.